The molecule has 1 N–H and O–H groups in total. The highest BCUT2D eigenvalue weighted by atomic mass is 32.2. The standard InChI is InChI=1S/C14H17NOS2/c1-17-10-12-8-7-11(16-12)9-15-13-5-3-4-6-14(13)18-2/h3-8,15H,9-10H2,1-2H3. The summed E-state index contributed by atoms with van der Waals surface area (Å²) in [6, 6.07) is 12.4. The zero-order chi connectivity index (χ0) is 12.8. The number of hydrogen-bond donors (Lipinski definition) is 1. The Hall–Kier alpha value is -1.00. The van der Waals surface area contributed by atoms with Gasteiger partial charge in [0.15, 0.2) is 0 Å². The molecule has 0 aliphatic rings. The Kier molecular flexibility index (Phi) is 5.08. The van der Waals surface area contributed by atoms with Crippen molar-refractivity contribution in [2.24, 2.45) is 0 Å². The Morgan fingerprint density at radius 2 is 1.83 bits per heavy atom. The van der Waals surface area contributed by atoms with Gasteiger partial charge in [0.1, 0.15) is 11.5 Å². The lowest BCUT2D eigenvalue weighted by molar-refractivity contribution is 0.487. The van der Waals surface area contributed by atoms with Crippen molar-refractivity contribution in [1.82, 2.24) is 0 Å². The fraction of sp³-hybridized carbons (Fsp3) is 0.286. The number of thioether (sulfide) groups is 2. The van der Waals surface area contributed by atoms with Gasteiger partial charge in [-0.3, -0.25) is 0 Å². The first-order chi connectivity index (χ1) is 8.83. The molecule has 0 unspecified atom stereocenters. The Morgan fingerprint density at radius 1 is 1.06 bits per heavy atom. The van der Waals surface area contributed by atoms with Crippen LogP contribution in [0.4, 0.5) is 5.69 Å². The van der Waals surface area contributed by atoms with E-state index in [1.807, 2.05) is 18.2 Å². The summed E-state index contributed by atoms with van der Waals surface area (Å²) in [6.07, 6.45) is 4.17. The maximum Gasteiger partial charge on any atom is 0.123 e. The molecule has 2 nitrogen and oxygen atoms in total. The van der Waals surface area contributed by atoms with Crippen LogP contribution in [0.1, 0.15) is 11.5 Å². The van der Waals surface area contributed by atoms with Crippen molar-refractivity contribution in [3.8, 4) is 0 Å². The minimum Gasteiger partial charge on any atom is -0.463 e. The van der Waals surface area contributed by atoms with Crippen molar-refractivity contribution in [2.45, 2.75) is 17.2 Å². The van der Waals surface area contributed by atoms with Crippen molar-refractivity contribution >= 4 is 29.2 Å². The molecule has 0 amide bonds. The molecule has 4 heteroatoms. The fourth-order valence-corrected chi connectivity index (χ4v) is 2.72. The molecule has 0 saturated heterocycles. The van der Waals surface area contributed by atoms with E-state index in [9.17, 15) is 0 Å². The van der Waals surface area contributed by atoms with Gasteiger partial charge in [0.05, 0.1) is 12.3 Å². The van der Waals surface area contributed by atoms with Gasteiger partial charge in [-0.15, -0.1) is 11.8 Å². The monoisotopic (exact) mass is 279 g/mol. The van der Waals surface area contributed by atoms with Crippen LogP contribution in [0.3, 0.4) is 0 Å². The molecule has 1 aromatic carbocycles. The molecule has 0 radical (unpaired) electrons. The molecule has 1 aromatic heterocycles. The van der Waals surface area contributed by atoms with Gasteiger partial charge in [-0.25, -0.2) is 0 Å². The highest BCUT2D eigenvalue weighted by molar-refractivity contribution is 7.98. The van der Waals surface area contributed by atoms with Gasteiger partial charge in [0, 0.05) is 10.6 Å². The molecular weight excluding hydrogens is 262 g/mol. The van der Waals surface area contributed by atoms with E-state index in [1.165, 1.54) is 4.90 Å². The summed E-state index contributed by atoms with van der Waals surface area (Å²) in [5.74, 6) is 2.95. The Labute approximate surface area is 117 Å². The molecule has 1 heterocycles. The fourth-order valence-electron chi connectivity index (χ4n) is 1.71. The summed E-state index contributed by atoms with van der Waals surface area (Å²) in [7, 11) is 0. The van der Waals surface area contributed by atoms with Crippen LogP contribution in [0.25, 0.3) is 0 Å². The summed E-state index contributed by atoms with van der Waals surface area (Å²) in [5, 5.41) is 3.41. The lowest BCUT2D eigenvalue weighted by Crippen LogP contribution is -1.99. The van der Waals surface area contributed by atoms with Crippen LogP contribution in [-0.2, 0) is 12.3 Å². The van der Waals surface area contributed by atoms with Crippen LogP contribution < -0.4 is 5.32 Å². The minimum atomic E-state index is 0.728. The van der Waals surface area contributed by atoms with Gasteiger partial charge in [-0.2, -0.15) is 11.8 Å². The smallest absolute Gasteiger partial charge is 0.123 e. The number of rotatable bonds is 6. The molecule has 0 aliphatic heterocycles. The second-order valence-electron chi connectivity index (χ2n) is 3.85. The van der Waals surface area contributed by atoms with Crippen molar-refractivity contribution < 1.29 is 4.42 Å². The van der Waals surface area contributed by atoms with Crippen LogP contribution >= 0.6 is 23.5 Å². The Bertz CT molecular complexity index is 496. The van der Waals surface area contributed by atoms with E-state index in [2.05, 4.69) is 36.0 Å². The first-order valence-corrected chi connectivity index (χ1v) is 8.38. The van der Waals surface area contributed by atoms with Crippen molar-refractivity contribution in [2.75, 3.05) is 17.8 Å². The van der Waals surface area contributed by atoms with Crippen molar-refractivity contribution in [1.29, 1.82) is 0 Å². The van der Waals surface area contributed by atoms with Crippen LogP contribution in [0.2, 0.25) is 0 Å². The summed E-state index contributed by atoms with van der Waals surface area (Å²) in [5.41, 5.74) is 1.16. The third kappa shape index (κ3) is 3.50. The minimum absolute atomic E-state index is 0.728. The van der Waals surface area contributed by atoms with E-state index in [-0.39, 0.29) is 0 Å². The first-order valence-electron chi connectivity index (χ1n) is 5.77. The van der Waals surface area contributed by atoms with Gasteiger partial charge in [0.2, 0.25) is 0 Å². The summed E-state index contributed by atoms with van der Waals surface area (Å²) < 4.78 is 5.73. The number of benzene rings is 1. The van der Waals surface area contributed by atoms with E-state index in [4.69, 9.17) is 4.42 Å². The molecule has 0 spiro atoms. The van der Waals surface area contributed by atoms with E-state index >= 15 is 0 Å². The van der Waals surface area contributed by atoms with Crippen molar-refractivity contribution in [3.63, 3.8) is 0 Å². The highest BCUT2D eigenvalue weighted by Gasteiger charge is 2.03. The van der Waals surface area contributed by atoms with Crippen LogP contribution in [0.5, 0.6) is 0 Å². The molecule has 0 bridgehead atoms. The second-order valence-corrected chi connectivity index (χ2v) is 5.57. The van der Waals surface area contributed by atoms with E-state index in [0.717, 1.165) is 29.5 Å². The Morgan fingerprint density at radius 3 is 2.61 bits per heavy atom. The number of nitrogens with one attached hydrogen (secondary N) is 1. The summed E-state index contributed by atoms with van der Waals surface area (Å²) in [6.45, 7) is 0.728. The van der Waals surface area contributed by atoms with E-state index in [0.29, 0.717) is 0 Å². The van der Waals surface area contributed by atoms with E-state index in [1.54, 1.807) is 23.5 Å². The van der Waals surface area contributed by atoms with Gasteiger partial charge in [-0.1, -0.05) is 12.1 Å². The molecule has 96 valence electrons. The molecule has 18 heavy (non-hydrogen) atoms. The predicted molar refractivity (Wildman–Crippen MR) is 81.5 cm³/mol. The zero-order valence-electron chi connectivity index (χ0n) is 10.6. The number of hydrogen-bond acceptors (Lipinski definition) is 4. The maximum atomic E-state index is 5.73. The number of anilines is 1. The third-order valence-corrected chi connectivity index (χ3v) is 3.93. The summed E-state index contributed by atoms with van der Waals surface area (Å²) >= 11 is 3.52. The van der Waals surface area contributed by atoms with Crippen LogP contribution in [0.15, 0.2) is 45.7 Å². The quantitative estimate of drug-likeness (QED) is 0.788. The summed E-state index contributed by atoms with van der Waals surface area (Å²) in [4.78, 5) is 1.26. The lowest BCUT2D eigenvalue weighted by Gasteiger charge is -2.08. The first kappa shape index (κ1) is 13.4. The lowest BCUT2D eigenvalue weighted by atomic mass is 10.3. The number of para-hydroxylation sites is 1. The Balaban J connectivity index is 1.97. The number of furan rings is 1. The van der Waals surface area contributed by atoms with Gasteiger partial charge in [-0.05, 0) is 36.8 Å². The van der Waals surface area contributed by atoms with E-state index < -0.39 is 0 Å². The topological polar surface area (TPSA) is 25.2 Å². The van der Waals surface area contributed by atoms with Crippen LogP contribution in [-0.4, -0.2) is 12.5 Å². The average molecular weight is 279 g/mol. The zero-order valence-corrected chi connectivity index (χ0v) is 12.2. The molecule has 0 saturated carbocycles. The second kappa shape index (κ2) is 6.81. The third-order valence-electron chi connectivity index (χ3n) is 2.56. The van der Waals surface area contributed by atoms with Gasteiger partial charge < -0.3 is 9.73 Å². The molecule has 0 fully saturated rings. The molecule has 2 aromatic rings. The maximum absolute atomic E-state index is 5.73. The predicted octanol–water partition coefficient (Wildman–Crippen LogP) is 4.48. The normalized spacial score (nSPS) is 10.6. The largest absolute Gasteiger partial charge is 0.463 e. The average Bonchev–Trinajstić information content (AvgIpc) is 2.85. The van der Waals surface area contributed by atoms with Gasteiger partial charge >= 0.3 is 0 Å². The highest BCUT2D eigenvalue weighted by Crippen LogP contribution is 2.25. The molecular formula is C14H17NOS2. The SMILES string of the molecule is CSCc1ccc(CNc2ccccc2SC)o1. The van der Waals surface area contributed by atoms with Crippen LogP contribution in [0, 0.1) is 0 Å². The molecule has 0 atom stereocenters. The van der Waals surface area contributed by atoms with Gasteiger partial charge in [0.25, 0.3) is 0 Å². The van der Waals surface area contributed by atoms with Crippen molar-refractivity contribution in [3.05, 3.63) is 47.9 Å². The molecule has 0 aliphatic carbocycles. The molecule has 2 rings (SSSR count).